The minimum Gasteiger partial charge on any atom is -0.495 e. The second-order valence-electron chi connectivity index (χ2n) is 4.83. The Morgan fingerprint density at radius 3 is 2.90 bits per heavy atom. The molecule has 0 amide bonds. The number of halogens is 1. The van der Waals surface area contributed by atoms with Crippen LogP contribution in [0.4, 0.5) is 0 Å². The predicted molar refractivity (Wildman–Crippen MR) is 76.6 cm³/mol. The van der Waals surface area contributed by atoms with Crippen LogP contribution in [0.2, 0.25) is 5.02 Å². The third-order valence-electron chi connectivity index (χ3n) is 3.53. The second kappa shape index (κ2) is 6.30. The molecule has 5 nitrogen and oxygen atoms in total. The Morgan fingerprint density at radius 1 is 1.50 bits per heavy atom. The lowest BCUT2D eigenvalue weighted by Gasteiger charge is -2.18. The van der Waals surface area contributed by atoms with Crippen LogP contribution < -0.4 is 4.74 Å². The Balaban J connectivity index is 2.27. The van der Waals surface area contributed by atoms with Gasteiger partial charge in [0.25, 0.3) is 0 Å². The highest BCUT2D eigenvalue weighted by Crippen LogP contribution is 2.32. The van der Waals surface area contributed by atoms with E-state index in [-0.39, 0.29) is 23.2 Å². The van der Waals surface area contributed by atoms with E-state index >= 15 is 0 Å². The molecule has 1 saturated heterocycles. The lowest BCUT2D eigenvalue weighted by atomic mass is 10.1. The zero-order valence-corrected chi connectivity index (χ0v) is 12.8. The van der Waals surface area contributed by atoms with Crippen molar-refractivity contribution in [3.8, 4) is 5.75 Å². The van der Waals surface area contributed by atoms with Crippen LogP contribution in [0.25, 0.3) is 0 Å². The quantitative estimate of drug-likeness (QED) is 0.897. The Labute approximate surface area is 124 Å². The van der Waals surface area contributed by atoms with Crippen molar-refractivity contribution in [3.63, 3.8) is 0 Å². The van der Waals surface area contributed by atoms with Gasteiger partial charge in [0.2, 0.25) is 10.0 Å². The molecule has 112 valence electrons. The van der Waals surface area contributed by atoms with E-state index in [2.05, 4.69) is 0 Å². The smallest absolute Gasteiger partial charge is 0.246 e. The molecule has 0 spiro atoms. The van der Waals surface area contributed by atoms with Crippen LogP contribution in [0.1, 0.15) is 12.8 Å². The standard InChI is InChI=1S/C13H18ClNO4S/c1-19-12-8-11(14)2-3-13(12)20(17,18)15-6-4-10(9-15)5-7-16/h2-3,8,10,16H,4-7,9H2,1H3. The molecule has 1 atom stereocenters. The molecule has 1 fully saturated rings. The van der Waals surface area contributed by atoms with Gasteiger partial charge < -0.3 is 9.84 Å². The number of aliphatic hydroxyl groups excluding tert-OH is 1. The molecule has 20 heavy (non-hydrogen) atoms. The predicted octanol–water partition coefficient (Wildman–Crippen LogP) is 1.74. The maximum atomic E-state index is 12.6. The normalized spacial score (nSPS) is 20.2. The molecule has 1 unspecified atom stereocenters. The first kappa shape index (κ1) is 15.6. The molecule has 0 saturated carbocycles. The summed E-state index contributed by atoms with van der Waals surface area (Å²) in [5, 5.41) is 9.37. The largest absolute Gasteiger partial charge is 0.495 e. The number of aliphatic hydroxyl groups is 1. The summed E-state index contributed by atoms with van der Waals surface area (Å²) in [5.41, 5.74) is 0. The van der Waals surface area contributed by atoms with Crippen molar-refractivity contribution in [1.29, 1.82) is 0 Å². The van der Waals surface area contributed by atoms with Crippen molar-refractivity contribution < 1.29 is 18.3 Å². The molecule has 0 radical (unpaired) electrons. The molecule has 0 aliphatic carbocycles. The summed E-state index contributed by atoms with van der Waals surface area (Å²) in [6.07, 6.45) is 1.40. The zero-order valence-electron chi connectivity index (χ0n) is 11.3. The maximum absolute atomic E-state index is 12.6. The Morgan fingerprint density at radius 2 is 2.25 bits per heavy atom. The topological polar surface area (TPSA) is 66.8 Å². The van der Waals surface area contributed by atoms with E-state index in [0.717, 1.165) is 6.42 Å². The number of hydrogen-bond acceptors (Lipinski definition) is 4. The van der Waals surface area contributed by atoms with Gasteiger partial charge in [0.15, 0.2) is 0 Å². The van der Waals surface area contributed by atoms with Gasteiger partial charge in [-0.25, -0.2) is 8.42 Å². The van der Waals surface area contributed by atoms with Gasteiger partial charge in [-0.2, -0.15) is 4.31 Å². The fourth-order valence-electron chi connectivity index (χ4n) is 2.43. The van der Waals surface area contributed by atoms with Crippen LogP contribution in [0.3, 0.4) is 0 Å². The molecule has 1 aliphatic rings. The van der Waals surface area contributed by atoms with Crippen molar-refractivity contribution in [3.05, 3.63) is 23.2 Å². The highest BCUT2D eigenvalue weighted by Gasteiger charge is 2.33. The van der Waals surface area contributed by atoms with E-state index in [1.165, 1.54) is 29.6 Å². The summed E-state index contributed by atoms with van der Waals surface area (Å²) in [4.78, 5) is 0.133. The minimum absolute atomic E-state index is 0.0861. The molecule has 0 aromatic heterocycles. The fourth-order valence-corrected chi connectivity index (χ4v) is 4.26. The summed E-state index contributed by atoms with van der Waals surface area (Å²) in [6.45, 7) is 0.996. The van der Waals surface area contributed by atoms with E-state index in [0.29, 0.717) is 24.5 Å². The van der Waals surface area contributed by atoms with Crippen LogP contribution in [-0.4, -0.2) is 44.6 Å². The first-order valence-electron chi connectivity index (χ1n) is 6.43. The SMILES string of the molecule is COc1cc(Cl)ccc1S(=O)(=O)N1CCC(CCO)C1. The van der Waals surface area contributed by atoms with Crippen molar-refractivity contribution >= 4 is 21.6 Å². The molecule has 7 heteroatoms. The van der Waals surface area contributed by atoms with Gasteiger partial charge in [0, 0.05) is 30.8 Å². The summed E-state index contributed by atoms with van der Waals surface area (Å²) in [7, 11) is -2.16. The van der Waals surface area contributed by atoms with Gasteiger partial charge in [0.1, 0.15) is 10.6 Å². The summed E-state index contributed by atoms with van der Waals surface area (Å²) >= 11 is 5.85. The van der Waals surface area contributed by atoms with E-state index in [4.69, 9.17) is 21.4 Å². The van der Waals surface area contributed by atoms with Crippen LogP contribution >= 0.6 is 11.6 Å². The minimum atomic E-state index is -3.58. The van der Waals surface area contributed by atoms with E-state index in [1.54, 1.807) is 0 Å². The van der Waals surface area contributed by atoms with Gasteiger partial charge >= 0.3 is 0 Å². The van der Waals surface area contributed by atoms with Gasteiger partial charge in [-0.15, -0.1) is 0 Å². The van der Waals surface area contributed by atoms with E-state index < -0.39 is 10.0 Å². The number of methoxy groups -OCH3 is 1. The lowest BCUT2D eigenvalue weighted by Crippen LogP contribution is -2.29. The van der Waals surface area contributed by atoms with Crippen LogP contribution in [-0.2, 0) is 10.0 Å². The van der Waals surface area contributed by atoms with Crippen LogP contribution in [0.5, 0.6) is 5.75 Å². The molecular weight excluding hydrogens is 302 g/mol. The van der Waals surface area contributed by atoms with Crippen molar-refractivity contribution in [2.24, 2.45) is 5.92 Å². The molecule has 1 heterocycles. The van der Waals surface area contributed by atoms with E-state index in [1.807, 2.05) is 0 Å². The number of nitrogens with zero attached hydrogens (tertiary/aromatic N) is 1. The molecule has 1 N–H and O–H groups in total. The summed E-state index contributed by atoms with van der Waals surface area (Å²) in [6, 6.07) is 4.50. The van der Waals surface area contributed by atoms with Crippen LogP contribution in [0.15, 0.2) is 23.1 Å². The molecule has 1 aliphatic heterocycles. The van der Waals surface area contributed by atoms with Gasteiger partial charge in [-0.05, 0) is 30.9 Å². The average molecular weight is 320 g/mol. The molecule has 2 rings (SSSR count). The molecule has 0 bridgehead atoms. The van der Waals surface area contributed by atoms with Crippen molar-refractivity contribution in [1.82, 2.24) is 4.31 Å². The molecular formula is C13H18ClNO4S. The Bertz CT molecular complexity index is 576. The first-order valence-corrected chi connectivity index (χ1v) is 8.25. The second-order valence-corrected chi connectivity index (χ2v) is 7.17. The summed E-state index contributed by atoms with van der Waals surface area (Å²) < 4.78 is 31.8. The number of hydrogen-bond donors (Lipinski definition) is 1. The van der Waals surface area contributed by atoms with Crippen LogP contribution in [0, 0.1) is 5.92 Å². The number of ether oxygens (including phenoxy) is 1. The Hall–Kier alpha value is -0.820. The third-order valence-corrected chi connectivity index (χ3v) is 5.67. The van der Waals surface area contributed by atoms with Crippen molar-refractivity contribution in [2.45, 2.75) is 17.7 Å². The Kier molecular flexibility index (Phi) is 4.90. The van der Waals surface area contributed by atoms with Crippen molar-refractivity contribution in [2.75, 3.05) is 26.8 Å². The van der Waals surface area contributed by atoms with E-state index in [9.17, 15) is 8.42 Å². The monoisotopic (exact) mass is 319 g/mol. The fraction of sp³-hybridized carbons (Fsp3) is 0.538. The third kappa shape index (κ3) is 3.09. The zero-order chi connectivity index (χ0) is 14.8. The molecule has 1 aromatic rings. The number of sulfonamides is 1. The van der Waals surface area contributed by atoms with Gasteiger partial charge in [-0.1, -0.05) is 11.6 Å². The maximum Gasteiger partial charge on any atom is 0.246 e. The van der Waals surface area contributed by atoms with Gasteiger partial charge in [0.05, 0.1) is 7.11 Å². The average Bonchev–Trinajstić information content (AvgIpc) is 2.88. The number of rotatable bonds is 5. The van der Waals surface area contributed by atoms with Gasteiger partial charge in [-0.3, -0.25) is 0 Å². The highest BCUT2D eigenvalue weighted by molar-refractivity contribution is 7.89. The lowest BCUT2D eigenvalue weighted by molar-refractivity contribution is 0.259. The summed E-state index contributed by atoms with van der Waals surface area (Å²) in [5.74, 6) is 0.469. The highest BCUT2D eigenvalue weighted by atomic mass is 35.5. The number of benzene rings is 1. The molecule has 1 aromatic carbocycles. The first-order chi connectivity index (χ1) is 9.48.